The molecule has 0 aliphatic heterocycles. The van der Waals surface area contributed by atoms with Crippen LogP contribution in [0.5, 0.6) is 0 Å². The standard InChI is InChI=1S/C19H16/c1-2-5-9-16(8-4-1)18-12-14-19(15-13-18)17-10-6-3-7-11-17/h1-8,10-15H,9H2. The molecule has 0 radical (unpaired) electrons. The molecule has 0 aromatic heterocycles. The summed E-state index contributed by atoms with van der Waals surface area (Å²) in [6, 6.07) is 19.3. The highest BCUT2D eigenvalue weighted by Gasteiger charge is 2.01. The second-order valence-electron chi connectivity index (χ2n) is 4.65. The average Bonchev–Trinajstić information content (AvgIpc) is 2.77. The molecule has 0 N–H and O–H groups in total. The van der Waals surface area contributed by atoms with Crippen LogP contribution in [0, 0.1) is 0 Å². The summed E-state index contributed by atoms with van der Waals surface area (Å²) in [5, 5.41) is 0. The van der Waals surface area contributed by atoms with Gasteiger partial charge < -0.3 is 0 Å². The zero-order valence-electron chi connectivity index (χ0n) is 10.8. The Hall–Kier alpha value is -2.34. The first-order valence-corrected chi connectivity index (χ1v) is 6.62. The summed E-state index contributed by atoms with van der Waals surface area (Å²) in [6.45, 7) is 0. The van der Waals surface area contributed by atoms with Gasteiger partial charge >= 0.3 is 0 Å². The summed E-state index contributed by atoms with van der Waals surface area (Å²) >= 11 is 0. The third-order valence-corrected chi connectivity index (χ3v) is 3.36. The van der Waals surface area contributed by atoms with Crippen molar-refractivity contribution in [3.63, 3.8) is 0 Å². The summed E-state index contributed by atoms with van der Waals surface area (Å²) in [4.78, 5) is 0. The van der Waals surface area contributed by atoms with E-state index in [1.807, 2.05) is 6.07 Å². The number of hydrogen-bond acceptors (Lipinski definition) is 0. The zero-order chi connectivity index (χ0) is 12.9. The lowest BCUT2D eigenvalue weighted by Crippen LogP contribution is -1.84. The summed E-state index contributed by atoms with van der Waals surface area (Å²) in [7, 11) is 0. The van der Waals surface area contributed by atoms with E-state index in [0.29, 0.717) is 0 Å². The minimum Gasteiger partial charge on any atom is -0.0801 e. The van der Waals surface area contributed by atoms with Gasteiger partial charge in [0.05, 0.1) is 0 Å². The van der Waals surface area contributed by atoms with Crippen LogP contribution in [0.15, 0.2) is 85.0 Å². The maximum atomic E-state index is 2.21. The van der Waals surface area contributed by atoms with Gasteiger partial charge in [-0.25, -0.2) is 0 Å². The van der Waals surface area contributed by atoms with E-state index in [1.165, 1.54) is 22.3 Å². The molecule has 1 aliphatic carbocycles. The van der Waals surface area contributed by atoms with Crippen molar-refractivity contribution in [1.29, 1.82) is 0 Å². The number of allylic oxidation sites excluding steroid dienone is 6. The van der Waals surface area contributed by atoms with Crippen LogP contribution in [-0.2, 0) is 0 Å². The van der Waals surface area contributed by atoms with Crippen molar-refractivity contribution in [3.8, 4) is 11.1 Å². The molecule has 0 fully saturated rings. The summed E-state index contributed by atoms with van der Waals surface area (Å²) in [5.74, 6) is 0. The predicted octanol–water partition coefficient (Wildman–Crippen LogP) is 5.25. The first-order valence-electron chi connectivity index (χ1n) is 6.62. The largest absolute Gasteiger partial charge is 0.0801 e. The van der Waals surface area contributed by atoms with Crippen molar-refractivity contribution in [2.24, 2.45) is 0 Å². The Kier molecular flexibility index (Phi) is 3.42. The molecule has 0 saturated carbocycles. The van der Waals surface area contributed by atoms with Crippen molar-refractivity contribution in [1.82, 2.24) is 0 Å². The van der Waals surface area contributed by atoms with E-state index in [-0.39, 0.29) is 0 Å². The fraction of sp³-hybridized carbons (Fsp3) is 0.0526. The number of hydrogen-bond donors (Lipinski definition) is 0. The van der Waals surface area contributed by atoms with Gasteiger partial charge in [-0.15, -0.1) is 0 Å². The molecule has 0 amide bonds. The van der Waals surface area contributed by atoms with Gasteiger partial charge in [0.2, 0.25) is 0 Å². The Morgan fingerprint density at radius 1 is 0.579 bits per heavy atom. The van der Waals surface area contributed by atoms with Crippen LogP contribution in [0.25, 0.3) is 16.7 Å². The van der Waals surface area contributed by atoms with E-state index in [1.54, 1.807) is 0 Å². The molecule has 3 rings (SSSR count). The lowest BCUT2D eigenvalue weighted by molar-refractivity contribution is 1.40. The lowest BCUT2D eigenvalue weighted by atomic mass is 9.98. The van der Waals surface area contributed by atoms with E-state index in [9.17, 15) is 0 Å². The SMILES string of the molecule is C1=CC=C(c2ccc(-c3ccccc3)cc2)CC=C1. The predicted molar refractivity (Wildman–Crippen MR) is 82.8 cm³/mol. The van der Waals surface area contributed by atoms with Crippen molar-refractivity contribution >= 4 is 5.57 Å². The average molecular weight is 244 g/mol. The first-order chi connectivity index (χ1) is 9.43. The summed E-state index contributed by atoms with van der Waals surface area (Å²) < 4.78 is 0. The smallest absolute Gasteiger partial charge is 0.00884 e. The molecule has 2 aromatic carbocycles. The van der Waals surface area contributed by atoms with Crippen molar-refractivity contribution in [3.05, 3.63) is 90.5 Å². The molecule has 0 saturated heterocycles. The Morgan fingerprint density at radius 2 is 1.26 bits per heavy atom. The van der Waals surface area contributed by atoms with Crippen LogP contribution < -0.4 is 0 Å². The lowest BCUT2D eigenvalue weighted by Gasteiger charge is -2.06. The summed E-state index contributed by atoms with van der Waals surface area (Å²) in [5.41, 5.74) is 5.20. The molecule has 0 spiro atoms. The van der Waals surface area contributed by atoms with Crippen LogP contribution in [0.3, 0.4) is 0 Å². The van der Waals surface area contributed by atoms with Gasteiger partial charge in [0.25, 0.3) is 0 Å². The Labute approximate surface area is 114 Å². The second-order valence-corrected chi connectivity index (χ2v) is 4.65. The zero-order valence-corrected chi connectivity index (χ0v) is 10.8. The van der Waals surface area contributed by atoms with Crippen LogP contribution in [0.4, 0.5) is 0 Å². The molecular formula is C19H16. The molecule has 0 unspecified atom stereocenters. The quantitative estimate of drug-likeness (QED) is 0.676. The summed E-state index contributed by atoms with van der Waals surface area (Å²) in [6.07, 6.45) is 11.7. The van der Waals surface area contributed by atoms with Gasteiger partial charge in [0, 0.05) is 0 Å². The van der Waals surface area contributed by atoms with E-state index in [2.05, 4.69) is 78.9 Å². The molecule has 0 atom stereocenters. The van der Waals surface area contributed by atoms with Gasteiger partial charge in [0.15, 0.2) is 0 Å². The molecule has 19 heavy (non-hydrogen) atoms. The van der Waals surface area contributed by atoms with Gasteiger partial charge in [-0.2, -0.15) is 0 Å². The highest BCUT2D eigenvalue weighted by Crippen LogP contribution is 2.25. The van der Waals surface area contributed by atoms with Crippen LogP contribution in [0.1, 0.15) is 12.0 Å². The maximum absolute atomic E-state index is 2.21. The molecule has 0 heterocycles. The fourth-order valence-electron chi connectivity index (χ4n) is 2.30. The van der Waals surface area contributed by atoms with E-state index in [4.69, 9.17) is 0 Å². The van der Waals surface area contributed by atoms with E-state index >= 15 is 0 Å². The maximum Gasteiger partial charge on any atom is -0.00884 e. The highest BCUT2D eigenvalue weighted by atomic mass is 14.1. The fourth-order valence-corrected chi connectivity index (χ4v) is 2.30. The first kappa shape index (κ1) is 11.7. The normalized spacial score (nSPS) is 14.0. The van der Waals surface area contributed by atoms with Crippen LogP contribution in [-0.4, -0.2) is 0 Å². The van der Waals surface area contributed by atoms with Crippen molar-refractivity contribution < 1.29 is 0 Å². The molecule has 92 valence electrons. The van der Waals surface area contributed by atoms with Gasteiger partial charge in [0.1, 0.15) is 0 Å². The van der Waals surface area contributed by atoms with Crippen LogP contribution in [0.2, 0.25) is 0 Å². The van der Waals surface area contributed by atoms with Gasteiger partial charge in [-0.05, 0) is 28.7 Å². The molecule has 1 aliphatic rings. The minimum atomic E-state index is 0.998. The topological polar surface area (TPSA) is 0 Å². The molecule has 0 heteroatoms. The number of benzene rings is 2. The van der Waals surface area contributed by atoms with Crippen molar-refractivity contribution in [2.75, 3.05) is 0 Å². The second kappa shape index (κ2) is 5.53. The number of rotatable bonds is 2. The Morgan fingerprint density at radius 3 is 2.05 bits per heavy atom. The van der Waals surface area contributed by atoms with Crippen molar-refractivity contribution in [2.45, 2.75) is 6.42 Å². The third-order valence-electron chi connectivity index (χ3n) is 3.36. The van der Waals surface area contributed by atoms with Crippen LogP contribution >= 0.6 is 0 Å². The molecular weight excluding hydrogens is 228 g/mol. The monoisotopic (exact) mass is 244 g/mol. The molecule has 0 bridgehead atoms. The van der Waals surface area contributed by atoms with Gasteiger partial charge in [-0.1, -0.05) is 85.0 Å². The van der Waals surface area contributed by atoms with E-state index in [0.717, 1.165) is 6.42 Å². The minimum absolute atomic E-state index is 0.998. The van der Waals surface area contributed by atoms with Gasteiger partial charge in [-0.3, -0.25) is 0 Å². The molecule has 0 nitrogen and oxygen atoms in total. The Bertz CT molecular complexity index is 625. The third kappa shape index (κ3) is 2.74. The Balaban J connectivity index is 1.89. The van der Waals surface area contributed by atoms with E-state index < -0.39 is 0 Å². The molecule has 2 aromatic rings. The highest BCUT2D eigenvalue weighted by molar-refractivity contribution is 5.72.